The third-order valence-electron chi connectivity index (χ3n) is 5.31. The maximum atomic E-state index is 3.67. The number of hydrogen-bond donors (Lipinski definition) is 1. The summed E-state index contributed by atoms with van der Waals surface area (Å²) in [6, 6.07) is 10.6. The summed E-state index contributed by atoms with van der Waals surface area (Å²) in [6.07, 6.45) is 6.87. The molecule has 0 aromatic heterocycles. The molecular weight excluding hydrogens is 258 g/mol. The summed E-state index contributed by atoms with van der Waals surface area (Å²) in [5.41, 5.74) is 2.94. The van der Waals surface area contributed by atoms with Gasteiger partial charge in [-0.2, -0.15) is 0 Å². The summed E-state index contributed by atoms with van der Waals surface area (Å²) in [6.45, 7) is 6.13. The van der Waals surface area contributed by atoms with Crippen LogP contribution in [0, 0.1) is 0 Å². The highest BCUT2D eigenvalue weighted by Crippen LogP contribution is 2.28. The van der Waals surface area contributed by atoms with Gasteiger partial charge in [-0.3, -0.25) is 4.90 Å². The number of para-hydroxylation sites is 1. The van der Waals surface area contributed by atoms with Crippen LogP contribution in [0.1, 0.15) is 37.7 Å². The molecule has 21 heavy (non-hydrogen) atoms. The maximum Gasteiger partial charge on any atom is 0.0412 e. The summed E-state index contributed by atoms with van der Waals surface area (Å²) in [4.78, 5) is 5.33. The number of anilines is 1. The third-order valence-corrected chi connectivity index (χ3v) is 5.31. The van der Waals surface area contributed by atoms with E-state index in [1.165, 1.54) is 69.5 Å². The monoisotopic (exact) mass is 285 g/mol. The Balaban J connectivity index is 1.43. The molecule has 2 aliphatic heterocycles. The molecule has 3 nitrogen and oxygen atoms in total. The second-order valence-electron chi connectivity index (χ2n) is 6.92. The molecule has 0 amide bonds. The highest BCUT2D eigenvalue weighted by molar-refractivity contribution is 5.54. The van der Waals surface area contributed by atoms with Crippen LogP contribution in [0.5, 0.6) is 0 Å². The molecule has 1 N–H and O–H groups in total. The highest BCUT2D eigenvalue weighted by atomic mass is 15.3. The van der Waals surface area contributed by atoms with E-state index < -0.39 is 0 Å². The van der Waals surface area contributed by atoms with Gasteiger partial charge < -0.3 is 10.2 Å². The second-order valence-corrected chi connectivity index (χ2v) is 6.92. The van der Waals surface area contributed by atoms with Gasteiger partial charge in [0.05, 0.1) is 0 Å². The molecule has 3 heteroatoms. The number of hydrogen-bond acceptors (Lipinski definition) is 3. The Kier molecular flexibility index (Phi) is 3.87. The van der Waals surface area contributed by atoms with Crippen molar-refractivity contribution in [1.29, 1.82) is 0 Å². The number of nitrogens with zero attached hydrogens (tertiary/aromatic N) is 2. The van der Waals surface area contributed by atoms with E-state index in [4.69, 9.17) is 0 Å². The van der Waals surface area contributed by atoms with Gasteiger partial charge in [-0.05, 0) is 56.8 Å². The van der Waals surface area contributed by atoms with Gasteiger partial charge in [-0.1, -0.05) is 18.2 Å². The lowest BCUT2D eigenvalue weighted by Gasteiger charge is -2.26. The first-order chi connectivity index (χ1) is 10.4. The third kappa shape index (κ3) is 3.09. The second kappa shape index (κ2) is 5.98. The van der Waals surface area contributed by atoms with Crippen LogP contribution in [0.25, 0.3) is 0 Å². The van der Waals surface area contributed by atoms with Gasteiger partial charge in [0, 0.05) is 37.4 Å². The first-order valence-electron chi connectivity index (χ1n) is 8.70. The van der Waals surface area contributed by atoms with Crippen molar-refractivity contribution in [3.63, 3.8) is 0 Å². The lowest BCUT2D eigenvalue weighted by molar-refractivity contribution is 0.260. The minimum Gasteiger partial charge on any atom is -0.370 e. The molecule has 0 spiro atoms. The topological polar surface area (TPSA) is 18.5 Å². The van der Waals surface area contributed by atoms with E-state index in [2.05, 4.69) is 39.4 Å². The van der Waals surface area contributed by atoms with Gasteiger partial charge in [0.2, 0.25) is 0 Å². The Morgan fingerprint density at radius 1 is 1.00 bits per heavy atom. The van der Waals surface area contributed by atoms with Crippen molar-refractivity contribution in [3.05, 3.63) is 29.8 Å². The van der Waals surface area contributed by atoms with E-state index in [-0.39, 0.29) is 0 Å². The first-order valence-corrected chi connectivity index (χ1v) is 8.70. The van der Waals surface area contributed by atoms with Gasteiger partial charge in [-0.15, -0.1) is 0 Å². The molecule has 1 aromatic rings. The van der Waals surface area contributed by atoms with Crippen molar-refractivity contribution < 1.29 is 0 Å². The fourth-order valence-corrected chi connectivity index (χ4v) is 3.88. The summed E-state index contributed by atoms with van der Waals surface area (Å²) in [5, 5.41) is 3.67. The predicted molar refractivity (Wildman–Crippen MR) is 87.7 cm³/mol. The molecule has 0 radical (unpaired) electrons. The predicted octanol–water partition coefficient (Wildman–Crippen LogP) is 2.61. The van der Waals surface area contributed by atoms with E-state index in [1.54, 1.807) is 0 Å². The van der Waals surface area contributed by atoms with Crippen LogP contribution in [0.3, 0.4) is 0 Å². The van der Waals surface area contributed by atoms with Gasteiger partial charge in [0.25, 0.3) is 0 Å². The van der Waals surface area contributed by atoms with Gasteiger partial charge in [0.15, 0.2) is 0 Å². The van der Waals surface area contributed by atoms with Crippen molar-refractivity contribution in [2.24, 2.45) is 0 Å². The van der Waals surface area contributed by atoms with Gasteiger partial charge in [-0.25, -0.2) is 0 Å². The Labute approximate surface area is 128 Å². The first kappa shape index (κ1) is 13.6. The fraction of sp³-hybridized carbons (Fsp3) is 0.667. The Morgan fingerprint density at radius 2 is 1.81 bits per heavy atom. The van der Waals surface area contributed by atoms with Crippen molar-refractivity contribution >= 4 is 5.69 Å². The van der Waals surface area contributed by atoms with Crippen molar-refractivity contribution in [2.45, 2.75) is 50.7 Å². The van der Waals surface area contributed by atoms with Crippen LogP contribution in [0.15, 0.2) is 24.3 Å². The zero-order valence-corrected chi connectivity index (χ0v) is 12.9. The zero-order valence-electron chi connectivity index (χ0n) is 12.9. The van der Waals surface area contributed by atoms with E-state index in [0.29, 0.717) is 0 Å². The standard InChI is InChI=1S/C18H27N3/c1-2-6-18(15(5-1)13-19-16-7-8-16)21-12-9-17(14-21)20-10-3-4-11-20/h1-2,5-6,16-17,19H,3-4,7-14H2. The molecule has 4 rings (SSSR count). The molecule has 2 heterocycles. The lowest BCUT2D eigenvalue weighted by atomic mass is 10.1. The van der Waals surface area contributed by atoms with Crippen LogP contribution < -0.4 is 10.2 Å². The minimum atomic E-state index is 0.786. The quantitative estimate of drug-likeness (QED) is 0.897. The zero-order chi connectivity index (χ0) is 14.1. The van der Waals surface area contributed by atoms with Crippen molar-refractivity contribution in [2.75, 3.05) is 31.1 Å². The molecule has 114 valence electrons. The summed E-state index contributed by atoms with van der Waals surface area (Å²) in [5.74, 6) is 0. The molecule has 1 aromatic carbocycles. The molecule has 1 unspecified atom stereocenters. The van der Waals surface area contributed by atoms with E-state index >= 15 is 0 Å². The Bertz CT molecular complexity index is 477. The maximum absolute atomic E-state index is 3.67. The molecule has 3 aliphatic rings. The van der Waals surface area contributed by atoms with Crippen molar-refractivity contribution in [3.8, 4) is 0 Å². The largest absolute Gasteiger partial charge is 0.370 e. The number of rotatable bonds is 5. The molecule has 2 saturated heterocycles. The van der Waals surface area contributed by atoms with Crippen molar-refractivity contribution in [1.82, 2.24) is 10.2 Å². The van der Waals surface area contributed by atoms with Crippen LogP contribution in [-0.4, -0.2) is 43.2 Å². The Morgan fingerprint density at radius 3 is 2.62 bits per heavy atom. The molecular formula is C18H27N3. The van der Waals surface area contributed by atoms with E-state index in [1.807, 2.05) is 0 Å². The highest BCUT2D eigenvalue weighted by Gasteiger charge is 2.30. The average Bonchev–Trinajstić information content (AvgIpc) is 3.01. The molecule has 1 saturated carbocycles. The normalized spacial score (nSPS) is 26.7. The SMILES string of the molecule is c1ccc(N2CCC(N3CCCC3)C2)c(CNC2CC2)c1. The molecule has 1 aliphatic carbocycles. The van der Waals surface area contributed by atoms with Gasteiger partial charge in [0.1, 0.15) is 0 Å². The van der Waals surface area contributed by atoms with Crippen LogP contribution >= 0.6 is 0 Å². The van der Waals surface area contributed by atoms with Crippen LogP contribution in [0.4, 0.5) is 5.69 Å². The summed E-state index contributed by atoms with van der Waals surface area (Å²) in [7, 11) is 0. The Hall–Kier alpha value is -1.06. The van der Waals surface area contributed by atoms with Gasteiger partial charge >= 0.3 is 0 Å². The smallest absolute Gasteiger partial charge is 0.0412 e. The summed E-state index contributed by atoms with van der Waals surface area (Å²) >= 11 is 0. The fourth-order valence-electron chi connectivity index (χ4n) is 3.88. The number of nitrogens with one attached hydrogen (secondary N) is 1. The molecule has 1 atom stereocenters. The molecule has 0 bridgehead atoms. The van der Waals surface area contributed by atoms with E-state index in [9.17, 15) is 0 Å². The summed E-state index contributed by atoms with van der Waals surface area (Å²) < 4.78 is 0. The number of likely N-dealkylation sites (tertiary alicyclic amines) is 1. The van der Waals surface area contributed by atoms with E-state index in [0.717, 1.165) is 18.6 Å². The van der Waals surface area contributed by atoms with Crippen LogP contribution in [0.2, 0.25) is 0 Å². The van der Waals surface area contributed by atoms with Crippen LogP contribution in [-0.2, 0) is 6.54 Å². The lowest BCUT2D eigenvalue weighted by Crippen LogP contribution is -2.35. The molecule has 3 fully saturated rings. The minimum absolute atomic E-state index is 0.786. The number of benzene rings is 1. The average molecular weight is 285 g/mol.